The Hall–Kier alpha value is -3.20. The van der Waals surface area contributed by atoms with Crippen LogP contribution in [0.25, 0.3) is 6.08 Å². The van der Waals surface area contributed by atoms with Gasteiger partial charge in [-0.25, -0.2) is 4.79 Å². The monoisotopic (exact) mass is 376 g/mol. The predicted molar refractivity (Wildman–Crippen MR) is 101 cm³/mol. The summed E-state index contributed by atoms with van der Waals surface area (Å²) in [5.41, 5.74) is 2.26. The average molecular weight is 376 g/mol. The van der Waals surface area contributed by atoms with Gasteiger partial charge in [-0.1, -0.05) is 23.8 Å². The number of hydrogen-bond acceptors (Lipinski definition) is 5. The van der Waals surface area contributed by atoms with E-state index in [0.29, 0.717) is 11.3 Å². The number of hydrogen-bond donors (Lipinski definition) is 0. The van der Waals surface area contributed by atoms with Gasteiger partial charge < -0.3 is 4.74 Å². The van der Waals surface area contributed by atoms with E-state index in [9.17, 15) is 14.4 Å². The molecule has 1 aromatic rings. The lowest BCUT2D eigenvalue weighted by molar-refractivity contribution is -0.138. The fraction of sp³-hybridized carbons (Fsp3) is 0.364. The van der Waals surface area contributed by atoms with Gasteiger partial charge >= 0.3 is 5.97 Å². The molecular weight excluding hydrogens is 356 g/mol. The van der Waals surface area contributed by atoms with Crippen LogP contribution in [0, 0.1) is 35.0 Å². The quantitative estimate of drug-likeness (QED) is 0.265. The number of anilines is 1. The van der Waals surface area contributed by atoms with Crippen molar-refractivity contribution < 1.29 is 19.1 Å². The van der Waals surface area contributed by atoms with Crippen molar-refractivity contribution in [2.45, 2.75) is 20.3 Å². The zero-order chi connectivity index (χ0) is 20.0. The Kier molecular flexibility index (Phi) is 4.38. The van der Waals surface area contributed by atoms with E-state index in [4.69, 9.17) is 10.00 Å². The van der Waals surface area contributed by atoms with Gasteiger partial charge in [-0.2, -0.15) is 5.26 Å². The third-order valence-electron chi connectivity index (χ3n) is 5.96. The van der Waals surface area contributed by atoms with Gasteiger partial charge in [0.05, 0.1) is 24.1 Å². The number of nitriles is 1. The minimum absolute atomic E-state index is 0.101. The van der Waals surface area contributed by atoms with E-state index in [1.807, 2.05) is 13.0 Å². The van der Waals surface area contributed by atoms with Crippen molar-refractivity contribution in [1.82, 2.24) is 0 Å². The summed E-state index contributed by atoms with van der Waals surface area (Å²) in [5, 5.41) is 9.13. The lowest BCUT2D eigenvalue weighted by atomic mass is 9.82. The molecule has 0 radical (unpaired) electrons. The first-order chi connectivity index (χ1) is 13.5. The number of carbonyl (C=O) groups is 3. The fourth-order valence-electron chi connectivity index (χ4n) is 4.76. The zero-order valence-electron chi connectivity index (χ0n) is 15.7. The minimum atomic E-state index is -0.676. The lowest BCUT2D eigenvalue weighted by Gasteiger charge is -2.19. The summed E-state index contributed by atoms with van der Waals surface area (Å²) >= 11 is 0. The number of imide groups is 1. The Morgan fingerprint density at radius 3 is 2.57 bits per heavy atom. The normalized spacial score (nSPS) is 28.2. The molecule has 6 heteroatoms. The second-order valence-corrected chi connectivity index (χ2v) is 7.46. The molecule has 1 aromatic carbocycles. The molecule has 2 aliphatic carbocycles. The molecule has 4 rings (SSSR count). The van der Waals surface area contributed by atoms with Gasteiger partial charge in [0.25, 0.3) is 0 Å². The Bertz CT molecular complexity index is 967. The Morgan fingerprint density at radius 2 is 1.93 bits per heavy atom. The standard InChI is InChI=1S/C22H20N2O4/c1-3-28-22(27)15(11-23)9-13-4-6-16(7-5-13)24-20(25)18-14-8-12(2)17(10-14)19(18)21(24)26/h4-9,14,17-19H,3,10H2,1-2H3/b15-9+. The summed E-state index contributed by atoms with van der Waals surface area (Å²) in [5.74, 6) is -1.06. The smallest absolute Gasteiger partial charge is 0.348 e. The van der Waals surface area contributed by atoms with E-state index in [2.05, 4.69) is 6.08 Å². The second kappa shape index (κ2) is 6.75. The van der Waals surface area contributed by atoms with Gasteiger partial charge in [0.1, 0.15) is 11.6 Å². The van der Waals surface area contributed by atoms with Crippen LogP contribution in [0.3, 0.4) is 0 Å². The number of rotatable bonds is 4. The number of fused-ring (bicyclic) bond motifs is 5. The Morgan fingerprint density at radius 1 is 1.25 bits per heavy atom. The number of benzene rings is 1. The number of nitrogens with zero attached hydrogens (tertiary/aromatic N) is 2. The number of allylic oxidation sites excluding steroid dienone is 2. The van der Waals surface area contributed by atoms with E-state index in [-0.39, 0.29) is 47.7 Å². The molecule has 4 unspecified atom stereocenters. The fourth-order valence-corrected chi connectivity index (χ4v) is 4.76. The van der Waals surface area contributed by atoms with E-state index in [0.717, 1.165) is 6.42 Å². The largest absolute Gasteiger partial charge is 0.462 e. The lowest BCUT2D eigenvalue weighted by Crippen LogP contribution is -2.32. The van der Waals surface area contributed by atoms with Crippen molar-refractivity contribution in [1.29, 1.82) is 5.26 Å². The van der Waals surface area contributed by atoms with Gasteiger partial charge in [0.2, 0.25) is 11.8 Å². The Balaban J connectivity index is 1.57. The third kappa shape index (κ3) is 2.66. The molecular formula is C22H20N2O4. The van der Waals surface area contributed by atoms with Crippen LogP contribution < -0.4 is 4.90 Å². The first-order valence-electron chi connectivity index (χ1n) is 9.41. The van der Waals surface area contributed by atoms with Crippen LogP contribution >= 0.6 is 0 Å². The molecule has 6 nitrogen and oxygen atoms in total. The summed E-state index contributed by atoms with van der Waals surface area (Å²) in [7, 11) is 0. The van der Waals surface area contributed by atoms with Crippen LogP contribution in [0.4, 0.5) is 5.69 Å². The summed E-state index contributed by atoms with van der Waals surface area (Å²) in [6.45, 7) is 3.90. The summed E-state index contributed by atoms with van der Waals surface area (Å²) in [6.07, 6.45) is 4.48. The highest BCUT2D eigenvalue weighted by molar-refractivity contribution is 6.22. The van der Waals surface area contributed by atoms with Crippen LogP contribution in [0.2, 0.25) is 0 Å². The molecule has 1 heterocycles. The van der Waals surface area contributed by atoms with Crippen molar-refractivity contribution in [3.63, 3.8) is 0 Å². The second-order valence-electron chi connectivity index (χ2n) is 7.46. The van der Waals surface area contributed by atoms with Crippen LogP contribution in [0.1, 0.15) is 25.8 Å². The molecule has 2 fully saturated rings. The van der Waals surface area contributed by atoms with E-state index in [1.165, 1.54) is 16.5 Å². The molecule has 1 aliphatic heterocycles. The molecule has 4 atom stereocenters. The highest BCUT2D eigenvalue weighted by atomic mass is 16.5. The molecule has 0 aromatic heterocycles. The van der Waals surface area contributed by atoms with Gasteiger partial charge in [-0.15, -0.1) is 0 Å². The highest BCUT2D eigenvalue weighted by Crippen LogP contribution is 2.55. The number of carbonyl (C=O) groups excluding carboxylic acids is 3. The molecule has 1 saturated carbocycles. The average Bonchev–Trinajstić information content (AvgIpc) is 3.31. The first-order valence-corrected chi connectivity index (χ1v) is 9.41. The van der Waals surface area contributed by atoms with Crippen LogP contribution in [0.15, 0.2) is 41.5 Å². The number of amides is 2. The Labute approximate surface area is 163 Å². The van der Waals surface area contributed by atoms with Crippen molar-refractivity contribution in [3.05, 3.63) is 47.1 Å². The molecule has 28 heavy (non-hydrogen) atoms. The van der Waals surface area contributed by atoms with Crippen LogP contribution in [0.5, 0.6) is 0 Å². The van der Waals surface area contributed by atoms with Gasteiger partial charge in [-0.3, -0.25) is 14.5 Å². The van der Waals surface area contributed by atoms with Crippen molar-refractivity contribution in [3.8, 4) is 6.07 Å². The van der Waals surface area contributed by atoms with Gasteiger partial charge in [0.15, 0.2) is 0 Å². The predicted octanol–water partition coefficient (Wildman–Crippen LogP) is 2.86. The summed E-state index contributed by atoms with van der Waals surface area (Å²) < 4.78 is 4.85. The molecule has 2 bridgehead atoms. The maximum absolute atomic E-state index is 13.0. The van der Waals surface area contributed by atoms with E-state index in [1.54, 1.807) is 31.2 Å². The van der Waals surface area contributed by atoms with E-state index < -0.39 is 5.97 Å². The van der Waals surface area contributed by atoms with Gasteiger partial charge in [0, 0.05) is 0 Å². The summed E-state index contributed by atoms with van der Waals surface area (Å²) in [6, 6.07) is 8.53. The molecule has 0 N–H and O–H groups in total. The third-order valence-corrected chi connectivity index (χ3v) is 5.96. The molecule has 1 saturated heterocycles. The molecule has 142 valence electrons. The number of esters is 1. The van der Waals surface area contributed by atoms with E-state index >= 15 is 0 Å². The molecule has 3 aliphatic rings. The van der Waals surface area contributed by atoms with Crippen LogP contribution in [-0.4, -0.2) is 24.4 Å². The van der Waals surface area contributed by atoms with Crippen molar-refractivity contribution in [2.75, 3.05) is 11.5 Å². The van der Waals surface area contributed by atoms with Crippen molar-refractivity contribution in [2.24, 2.45) is 23.7 Å². The first kappa shape index (κ1) is 18.2. The van der Waals surface area contributed by atoms with Crippen molar-refractivity contribution >= 4 is 29.5 Å². The maximum Gasteiger partial charge on any atom is 0.348 e. The maximum atomic E-state index is 13.0. The highest BCUT2D eigenvalue weighted by Gasteiger charge is 2.60. The minimum Gasteiger partial charge on any atom is -0.462 e. The summed E-state index contributed by atoms with van der Waals surface area (Å²) in [4.78, 5) is 38.9. The van der Waals surface area contributed by atoms with Crippen LogP contribution in [-0.2, 0) is 19.1 Å². The van der Waals surface area contributed by atoms with Gasteiger partial charge in [-0.05, 0) is 55.9 Å². The topological polar surface area (TPSA) is 87.5 Å². The molecule has 0 spiro atoms. The SMILES string of the molecule is CCOC(=O)/C(C#N)=C/c1ccc(N2C(=O)C3C4C=C(C)C(C4)C3C2=O)cc1. The molecule has 2 amide bonds. The number of ether oxygens (including phenoxy) is 1. The zero-order valence-corrected chi connectivity index (χ0v) is 15.7.